The van der Waals surface area contributed by atoms with Crippen molar-refractivity contribution in [2.45, 2.75) is 136 Å². The average molecular weight is 629 g/mol. The van der Waals surface area contributed by atoms with Crippen LogP contribution in [0.3, 0.4) is 0 Å². The minimum Gasteiger partial charge on any atom is -0.490 e. The molecule has 0 saturated carbocycles. The molecule has 0 bridgehead atoms. The molecule has 1 atom stereocenters. The first-order valence-corrected chi connectivity index (χ1v) is 18.4. The van der Waals surface area contributed by atoms with Gasteiger partial charge in [-0.2, -0.15) is 0 Å². The Kier molecular flexibility index (Phi) is 18.9. The van der Waals surface area contributed by atoms with Gasteiger partial charge in [-0.05, 0) is 60.7 Å². The number of rotatable bonds is 25. The van der Waals surface area contributed by atoms with Crippen LogP contribution in [0.4, 0.5) is 0 Å². The number of carbonyl (C=O) groups is 1. The van der Waals surface area contributed by atoms with Crippen molar-refractivity contribution >= 4 is 5.97 Å². The van der Waals surface area contributed by atoms with Crippen LogP contribution < -0.4 is 9.47 Å². The van der Waals surface area contributed by atoms with E-state index in [0.717, 1.165) is 30.6 Å². The number of para-hydroxylation sites is 2. The second-order valence-electron chi connectivity index (χ2n) is 12.7. The number of unbranched alkanes of at least 4 members (excludes halogenated alkanes) is 15. The minimum absolute atomic E-state index is 0.0757. The zero-order chi connectivity index (χ0) is 32.7. The molecule has 0 aliphatic heterocycles. The van der Waals surface area contributed by atoms with Crippen molar-refractivity contribution < 1.29 is 19.0 Å². The van der Waals surface area contributed by atoms with E-state index < -0.39 is 5.97 Å². The molecule has 0 fully saturated rings. The Morgan fingerprint density at radius 3 is 1.54 bits per heavy atom. The number of hydrogen-bond donors (Lipinski definition) is 0. The molecule has 0 amide bonds. The van der Waals surface area contributed by atoms with Crippen molar-refractivity contribution in [3.63, 3.8) is 0 Å². The van der Waals surface area contributed by atoms with Gasteiger partial charge in [-0.25, -0.2) is 4.79 Å². The van der Waals surface area contributed by atoms with Crippen molar-refractivity contribution in [1.29, 1.82) is 0 Å². The Hall–Kier alpha value is -3.11. The third-order valence-electron chi connectivity index (χ3n) is 8.71. The Balaban J connectivity index is 1.26. The van der Waals surface area contributed by atoms with Crippen LogP contribution >= 0.6 is 0 Å². The molecule has 0 aliphatic rings. The molecule has 0 aliphatic carbocycles. The zero-order valence-corrected chi connectivity index (χ0v) is 29.1. The van der Waals surface area contributed by atoms with Crippen molar-refractivity contribution in [2.24, 2.45) is 0 Å². The first kappa shape index (κ1) is 37.3. The monoisotopic (exact) mass is 628 g/mol. The molecule has 3 aromatic carbocycles. The highest BCUT2D eigenvalue weighted by Gasteiger charge is 2.13. The van der Waals surface area contributed by atoms with Gasteiger partial charge in [0.15, 0.2) is 11.5 Å². The fourth-order valence-corrected chi connectivity index (χ4v) is 5.78. The maximum absolute atomic E-state index is 12.8. The summed E-state index contributed by atoms with van der Waals surface area (Å²) in [6, 6.07) is 23.4. The lowest BCUT2D eigenvalue weighted by atomic mass is 10.0. The fourth-order valence-electron chi connectivity index (χ4n) is 5.78. The van der Waals surface area contributed by atoms with Gasteiger partial charge in [0.05, 0.1) is 18.3 Å². The van der Waals surface area contributed by atoms with Gasteiger partial charge in [0.25, 0.3) is 0 Å². The maximum Gasteiger partial charge on any atom is 0.343 e. The average Bonchev–Trinajstić information content (AvgIpc) is 3.09. The molecule has 252 valence electrons. The van der Waals surface area contributed by atoms with E-state index >= 15 is 0 Å². The third-order valence-corrected chi connectivity index (χ3v) is 8.71. The lowest BCUT2D eigenvalue weighted by molar-refractivity contribution is 0.0627. The van der Waals surface area contributed by atoms with Crippen LogP contribution in [0.2, 0.25) is 0 Å². The molecule has 0 saturated heterocycles. The molecular formula is C42H60O4. The lowest BCUT2D eigenvalue weighted by Crippen LogP contribution is -2.09. The minimum atomic E-state index is -0.398. The van der Waals surface area contributed by atoms with E-state index in [2.05, 4.69) is 38.1 Å². The Bertz CT molecular complexity index is 1200. The molecule has 0 radical (unpaired) electrons. The van der Waals surface area contributed by atoms with Gasteiger partial charge in [-0.1, -0.05) is 159 Å². The summed E-state index contributed by atoms with van der Waals surface area (Å²) < 4.78 is 17.5. The summed E-state index contributed by atoms with van der Waals surface area (Å²) in [5, 5.41) is 0. The van der Waals surface area contributed by atoms with Gasteiger partial charge < -0.3 is 14.2 Å². The molecule has 3 aromatic rings. The zero-order valence-electron chi connectivity index (χ0n) is 29.1. The number of hydrogen-bond acceptors (Lipinski definition) is 4. The van der Waals surface area contributed by atoms with Gasteiger partial charge in [0.1, 0.15) is 0 Å². The predicted octanol–water partition coefficient (Wildman–Crippen LogP) is 12.7. The predicted molar refractivity (Wildman–Crippen MR) is 193 cm³/mol. The summed E-state index contributed by atoms with van der Waals surface area (Å²) in [6.45, 7) is 7.85. The molecule has 0 spiro atoms. The van der Waals surface area contributed by atoms with E-state index in [0.29, 0.717) is 23.7 Å². The van der Waals surface area contributed by atoms with E-state index in [9.17, 15) is 4.79 Å². The molecule has 4 heteroatoms. The highest BCUT2D eigenvalue weighted by molar-refractivity contribution is 5.92. The number of benzene rings is 3. The van der Waals surface area contributed by atoms with Crippen LogP contribution in [-0.2, 0) is 4.74 Å². The topological polar surface area (TPSA) is 44.8 Å². The summed E-state index contributed by atoms with van der Waals surface area (Å²) in [6.07, 6.45) is 23.1. The van der Waals surface area contributed by atoms with Crippen molar-refractivity contribution in [2.75, 3.05) is 13.2 Å². The van der Waals surface area contributed by atoms with E-state index in [1.54, 1.807) is 6.07 Å². The van der Waals surface area contributed by atoms with Crippen molar-refractivity contribution in [3.8, 4) is 22.6 Å². The van der Waals surface area contributed by atoms with E-state index in [1.165, 1.54) is 102 Å². The number of esters is 1. The molecule has 0 aromatic heterocycles. The molecule has 0 N–H and O–H groups in total. The SMILES string of the molecule is CCCCCCCCCCCCCCCCCCOC(C)c1ccc(-c2ccc(C(=O)Oc3ccccc3OCCC)cc2)cc1. The first-order valence-electron chi connectivity index (χ1n) is 18.4. The van der Waals surface area contributed by atoms with Crippen molar-refractivity contribution in [3.05, 3.63) is 83.9 Å². The number of carbonyl (C=O) groups excluding carboxylic acids is 1. The summed E-state index contributed by atoms with van der Waals surface area (Å²) in [5.74, 6) is 0.620. The molecule has 3 rings (SSSR count). The Morgan fingerprint density at radius 2 is 1.02 bits per heavy atom. The van der Waals surface area contributed by atoms with Gasteiger partial charge in [-0.15, -0.1) is 0 Å². The molecule has 0 heterocycles. The van der Waals surface area contributed by atoms with Crippen molar-refractivity contribution in [1.82, 2.24) is 0 Å². The molecule has 46 heavy (non-hydrogen) atoms. The van der Waals surface area contributed by atoms with Gasteiger partial charge in [0.2, 0.25) is 0 Å². The third kappa shape index (κ3) is 14.5. The Labute approximate surface area is 280 Å². The van der Waals surface area contributed by atoms with Gasteiger partial charge in [-0.3, -0.25) is 0 Å². The van der Waals surface area contributed by atoms with Gasteiger partial charge in [0, 0.05) is 6.61 Å². The lowest BCUT2D eigenvalue weighted by Gasteiger charge is -2.14. The van der Waals surface area contributed by atoms with Crippen LogP contribution in [-0.4, -0.2) is 19.2 Å². The number of ether oxygens (including phenoxy) is 3. The fraction of sp³-hybridized carbons (Fsp3) is 0.548. The Morgan fingerprint density at radius 1 is 0.543 bits per heavy atom. The van der Waals surface area contributed by atoms with Crippen LogP contribution in [0.25, 0.3) is 11.1 Å². The van der Waals surface area contributed by atoms with E-state index in [4.69, 9.17) is 14.2 Å². The summed E-state index contributed by atoms with van der Waals surface area (Å²) in [5.41, 5.74) is 3.84. The largest absolute Gasteiger partial charge is 0.490 e. The highest BCUT2D eigenvalue weighted by Crippen LogP contribution is 2.28. The van der Waals surface area contributed by atoms with Crippen LogP contribution in [0.1, 0.15) is 152 Å². The molecular weight excluding hydrogens is 568 g/mol. The van der Waals surface area contributed by atoms with Crippen LogP contribution in [0.15, 0.2) is 72.8 Å². The van der Waals surface area contributed by atoms with E-state index in [-0.39, 0.29) is 6.10 Å². The standard InChI is InChI=1S/C42H60O4/c1-4-6-7-8-9-10-11-12-13-14-15-16-17-18-19-22-34-44-35(3)36-25-27-37(28-26-36)38-29-31-39(32-30-38)42(43)46-41-24-21-20-23-40(41)45-33-5-2/h20-21,23-32,35H,4-19,22,33-34H2,1-3H3. The van der Waals surface area contributed by atoms with E-state index in [1.807, 2.05) is 49.4 Å². The van der Waals surface area contributed by atoms with Gasteiger partial charge >= 0.3 is 5.97 Å². The first-order chi connectivity index (χ1) is 22.6. The normalized spacial score (nSPS) is 11.8. The quantitative estimate of drug-likeness (QED) is 0.0532. The summed E-state index contributed by atoms with van der Waals surface area (Å²) in [7, 11) is 0. The highest BCUT2D eigenvalue weighted by atomic mass is 16.6. The molecule has 4 nitrogen and oxygen atoms in total. The van der Waals surface area contributed by atoms with Crippen LogP contribution in [0.5, 0.6) is 11.5 Å². The molecule has 1 unspecified atom stereocenters. The second kappa shape index (κ2) is 23.2. The maximum atomic E-state index is 12.8. The smallest absolute Gasteiger partial charge is 0.343 e. The van der Waals surface area contributed by atoms with Crippen LogP contribution in [0, 0.1) is 0 Å². The summed E-state index contributed by atoms with van der Waals surface area (Å²) >= 11 is 0. The second-order valence-corrected chi connectivity index (χ2v) is 12.7. The summed E-state index contributed by atoms with van der Waals surface area (Å²) in [4.78, 5) is 12.8.